The zero-order chi connectivity index (χ0) is 11.5. The van der Waals surface area contributed by atoms with Gasteiger partial charge in [-0.25, -0.2) is 0 Å². The van der Waals surface area contributed by atoms with E-state index in [-0.39, 0.29) is 12.6 Å². The summed E-state index contributed by atoms with van der Waals surface area (Å²) in [6.45, 7) is 3.67. The molecule has 0 heterocycles. The van der Waals surface area contributed by atoms with Gasteiger partial charge >= 0.3 is 0 Å². The van der Waals surface area contributed by atoms with E-state index in [1.165, 1.54) is 0 Å². The first kappa shape index (κ1) is 15.0. The topological polar surface area (TPSA) is 58.6 Å². The standard InChI is InChI=1S/C10H23NO3S/c1-3-11-10(5-6-12)9-15(13)8-4-7-14-2/h10-12H,3-9H2,1-2H3. The van der Waals surface area contributed by atoms with Gasteiger partial charge in [-0.1, -0.05) is 6.92 Å². The normalized spacial score (nSPS) is 15.1. The molecule has 0 aromatic carbocycles. The zero-order valence-electron chi connectivity index (χ0n) is 9.70. The molecule has 2 atom stereocenters. The van der Waals surface area contributed by atoms with Crippen molar-refractivity contribution in [2.45, 2.75) is 25.8 Å². The number of hydrogen-bond donors (Lipinski definition) is 2. The first-order valence-corrected chi connectivity index (χ1v) is 6.91. The first-order valence-electron chi connectivity index (χ1n) is 5.42. The van der Waals surface area contributed by atoms with Crippen LogP contribution < -0.4 is 5.32 Å². The maximum atomic E-state index is 11.6. The van der Waals surface area contributed by atoms with Gasteiger partial charge in [0.05, 0.1) is 0 Å². The molecule has 0 saturated heterocycles. The summed E-state index contributed by atoms with van der Waals surface area (Å²) >= 11 is 0. The van der Waals surface area contributed by atoms with Crippen LogP contribution in [0.2, 0.25) is 0 Å². The third kappa shape index (κ3) is 8.99. The summed E-state index contributed by atoms with van der Waals surface area (Å²) in [5.41, 5.74) is 0. The van der Waals surface area contributed by atoms with E-state index in [9.17, 15) is 4.21 Å². The molecule has 0 bridgehead atoms. The van der Waals surface area contributed by atoms with Crippen LogP contribution in [-0.4, -0.2) is 53.7 Å². The Labute approximate surface area is 94.9 Å². The number of aliphatic hydroxyl groups excluding tert-OH is 1. The molecule has 0 aliphatic rings. The van der Waals surface area contributed by atoms with Crippen LogP contribution in [0.15, 0.2) is 0 Å². The molecule has 0 aliphatic heterocycles. The van der Waals surface area contributed by atoms with Gasteiger partial charge in [0.2, 0.25) is 0 Å². The molecule has 4 nitrogen and oxygen atoms in total. The van der Waals surface area contributed by atoms with E-state index in [0.717, 1.165) is 13.0 Å². The fourth-order valence-electron chi connectivity index (χ4n) is 1.36. The monoisotopic (exact) mass is 237 g/mol. The van der Waals surface area contributed by atoms with Gasteiger partial charge in [0.1, 0.15) is 0 Å². The van der Waals surface area contributed by atoms with Crippen LogP contribution in [0.3, 0.4) is 0 Å². The molecular formula is C10H23NO3S. The van der Waals surface area contributed by atoms with Gasteiger partial charge in [-0.05, 0) is 19.4 Å². The molecule has 2 N–H and O–H groups in total. The van der Waals surface area contributed by atoms with Crippen LogP contribution in [0.5, 0.6) is 0 Å². The summed E-state index contributed by atoms with van der Waals surface area (Å²) in [5, 5.41) is 12.1. The molecule has 15 heavy (non-hydrogen) atoms. The summed E-state index contributed by atoms with van der Waals surface area (Å²) < 4.78 is 16.5. The molecular weight excluding hydrogens is 214 g/mol. The van der Waals surface area contributed by atoms with E-state index < -0.39 is 10.8 Å². The summed E-state index contributed by atoms with van der Waals surface area (Å²) in [7, 11) is 0.841. The Balaban J connectivity index is 3.67. The number of hydrogen-bond acceptors (Lipinski definition) is 4. The molecule has 5 heteroatoms. The van der Waals surface area contributed by atoms with Gasteiger partial charge in [0, 0.05) is 48.7 Å². The van der Waals surface area contributed by atoms with Crippen LogP contribution in [0.25, 0.3) is 0 Å². The number of rotatable bonds is 10. The highest BCUT2D eigenvalue weighted by Crippen LogP contribution is 1.97. The molecule has 0 saturated carbocycles. The average molecular weight is 237 g/mol. The van der Waals surface area contributed by atoms with Crippen LogP contribution in [0.4, 0.5) is 0 Å². The lowest BCUT2D eigenvalue weighted by atomic mass is 10.2. The van der Waals surface area contributed by atoms with Crippen LogP contribution >= 0.6 is 0 Å². The van der Waals surface area contributed by atoms with E-state index >= 15 is 0 Å². The maximum Gasteiger partial charge on any atom is 0.0471 e. The smallest absolute Gasteiger partial charge is 0.0471 e. The lowest BCUT2D eigenvalue weighted by Gasteiger charge is -2.15. The minimum absolute atomic E-state index is 0.146. The molecule has 2 unspecified atom stereocenters. The zero-order valence-corrected chi connectivity index (χ0v) is 10.5. The van der Waals surface area contributed by atoms with Gasteiger partial charge in [-0.2, -0.15) is 0 Å². The predicted molar refractivity (Wildman–Crippen MR) is 63.5 cm³/mol. The molecule has 0 rings (SSSR count). The Bertz CT molecular complexity index is 161. The summed E-state index contributed by atoms with van der Waals surface area (Å²) in [5.74, 6) is 1.30. The third-order valence-corrected chi connectivity index (χ3v) is 3.60. The minimum atomic E-state index is -0.808. The van der Waals surface area contributed by atoms with E-state index in [4.69, 9.17) is 9.84 Å². The molecule has 0 radical (unpaired) electrons. The number of ether oxygens (including phenoxy) is 1. The number of nitrogens with one attached hydrogen (secondary N) is 1. The molecule has 0 aromatic heterocycles. The van der Waals surface area contributed by atoms with Crippen molar-refractivity contribution in [2.24, 2.45) is 0 Å². The average Bonchev–Trinajstić information content (AvgIpc) is 2.19. The Morgan fingerprint density at radius 2 is 2.27 bits per heavy atom. The van der Waals surface area contributed by atoms with E-state index in [1.807, 2.05) is 6.92 Å². The highest BCUT2D eigenvalue weighted by Gasteiger charge is 2.10. The lowest BCUT2D eigenvalue weighted by Crippen LogP contribution is -2.35. The maximum absolute atomic E-state index is 11.6. The van der Waals surface area contributed by atoms with Crippen LogP contribution in [-0.2, 0) is 15.5 Å². The Morgan fingerprint density at radius 3 is 2.80 bits per heavy atom. The summed E-state index contributed by atoms with van der Waals surface area (Å²) in [4.78, 5) is 0. The van der Waals surface area contributed by atoms with E-state index in [1.54, 1.807) is 7.11 Å². The predicted octanol–water partition coefficient (Wildman–Crippen LogP) is 0.132. The van der Waals surface area contributed by atoms with Crippen molar-refractivity contribution in [3.8, 4) is 0 Å². The van der Waals surface area contributed by atoms with Gasteiger partial charge in [-0.15, -0.1) is 0 Å². The van der Waals surface area contributed by atoms with E-state index in [2.05, 4.69) is 5.32 Å². The van der Waals surface area contributed by atoms with Crippen molar-refractivity contribution >= 4 is 10.8 Å². The van der Waals surface area contributed by atoms with E-state index in [0.29, 0.717) is 24.5 Å². The highest BCUT2D eigenvalue weighted by atomic mass is 32.2. The van der Waals surface area contributed by atoms with Gasteiger partial charge in [0.25, 0.3) is 0 Å². The van der Waals surface area contributed by atoms with Crippen molar-refractivity contribution in [2.75, 3.05) is 38.4 Å². The van der Waals surface area contributed by atoms with Crippen molar-refractivity contribution in [1.82, 2.24) is 5.32 Å². The second kappa shape index (κ2) is 10.5. The second-order valence-electron chi connectivity index (χ2n) is 3.42. The van der Waals surface area contributed by atoms with Crippen LogP contribution in [0, 0.1) is 0 Å². The van der Waals surface area contributed by atoms with Gasteiger partial charge in [0.15, 0.2) is 0 Å². The molecule has 0 fully saturated rings. The number of aliphatic hydroxyl groups is 1. The Morgan fingerprint density at radius 1 is 1.53 bits per heavy atom. The molecule has 92 valence electrons. The Kier molecular flexibility index (Phi) is 10.6. The van der Waals surface area contributed by atoms with Gasteiger partial charge in [-0.3, -0.25) is 4.21 Å². The Hall–Kier alpha value is 0.0300. The minimum Gasteiger partial charge on any atom is -0.396 e. The summed E-state index contributed by atoms with van der Waals surface area (Å²) in [6.07, 6.45) is 1.50. The van der Waals surface area contributed by atoms with Crippen molar-refractivity contribution < 1.29 is 14.1 Å². The number of methoxy groups -OCH3 is 1. The largest absolute Gasteiger partial charge is 0.396 e. The molecule has 0 spiro atoms. The van der Waals surface area contributed by atoms with Crippen molar-refractivity contribution in [3.63, 3.8) is 0 Å². The summed E-state index contributed by atoms with van der Waals surface area (Å²) in [6, 6.07) is 0.170. The second-order valence-corrected chi connectivity index (χ2v) is 5.05. The highest BCUT2D eigenvalue weighted by molar-refractivity contribution is 7.85. The fraction of sp³-hybridized carbons (Fsp3) is 1.00. The van der Waals surface area contributed by atoms with Crippen molar-refractivity contribution in [1.29, 1.82) is 0 Å². The van der Waals surface area contributed by atoms with Gasteiger partial charge < -0.3 is 15.2 Å². The quantitative estimate of drug-likeness (QED) is 0.530. The third-order valence-electron chi connectivity index (χ3n) is 2.08. The SMILES string of the molecule is CCNC(CCO)CS(=O)CCCOC. The molecule has 0 aromatic rings. The van der Waals surface area contributed by atoms with Crippen LogP contribution in [0.1, 0.15) is 19.8 Å². The lowest BCUT2D eigenvalue weighted by molar-refractivity contribution is 0.200. The molecule has 0 amide bonds. The molecule has 0 aliphatic carbocycles. The van der Waals surface area contributed by atoms with Crippen molar-refractivity contribution in [3.05, 3.63) is 0 Å². The fourth-order valence-corrected chi connectivity index (χ4v) is 2.70. The first-order chi connectivity index (χ1) is 7.24.